The van der Waals surface area contributed by atoms with Crippen molar-refractivity contribution in [2.45, 2.75) is 24.9 Å². The molecule has 1 heterocycles. The number of hydrogen-bond donors (Lipinski definition) is 2. The molecule has 2 atom stereocenters. The summed E-state index contributed by atoms with van der Waals surface area (Å²) < 4.78 is 5.60. The molecule has 0 spiro atoms. The fourth-order valence-electron chi connectivity index (χ4n) is 4.01. The zero-order chi connectivity index (χ0) is 19.0. The van der Waals surface area contributed by atoms with Crippen molar-refractivity contribution in [2.24, 2.45) is 0 Å². The Balaban J connectivity index is 1.53. The van der Waals surface area contributed by atoms with Crippen molar-refractivity contribution in [3.63, 3.8) is 0 Å². The molecule has 140 valence electrons. The van der Waals surface area contributed by atoms with Gasteiger partial charge < -0.3 is 15.2 Å². The number of fused-ring (bicyclic) bond motifs is 3. The summed E-state index contributed by atoms with van der Waals surface area (Å²) in [4.78, 5) is 25.4. The smallest absolute Gasteiger partial charge is 0.410 e. The van der Waals surface area contributed by atoms with Gasteiger partial charge in [0.05, 0.1) is 0 Å². The largest absolute Gasteiger partial charge is 0.480 e. The first-order valence-corrected chi connectivity index (χ1v) is 9.14. The van der Waals surface area contributed by atoms with Gasteiger partial charge in [-0.15, -0.1) is 0 Å². The second kappa shape index (κ2) is 7.04. The first-order valence-electron chi connectivity index (χ1n) is 9.14. The molecule has 1 fully saturated rings. The van der Waals surface area contributed by atoms with Gasteiger partial charge in [-0.2, -0.15) is 0 Å². The molecule has 2 unspecified atom stereocenters. The van der Waals surface area contributed by atoms with E-state index in [4.69, 9.17) is 4.74 Å². The Morgan fingerprint density at radius 1 is 1.11 bits per heavy atom. The summed E-state index contributed by atoms with van der Waals surface area (Å²) in [6.45, 7) is 2.65. The molecule has 1 saturated heterocycles. The van der Waals surface area contributed by atoms with Crippen molar-refractivity contribution in [1.29, 1.82) is 0 Å². The number of piperazine rings is 1. The van der Waals surface area contributed by atoms with Crippen molar-refractivity contribution < 1.29 is 19.4 Å². The van der Waals surface area contributed by atoms with Crippen LogP contribution < -0.4 is 5.32 Å². The molecule has 4 rings (SSSR count). The minimum absolute atomic E-state index is 0.0288. The number of ether oxygens (including phenoxy) is 1. The van der Waals surface area contributed by atoms with E-state index in [1.165, 1.54) is 4.90 Å². The Hall–Kier alpha value is -2.86. The van der Waals surface area contributed by atoms with Crippen LogP contribution in [0.5, 0.6) is 0 Å². The van der Waals surface area contributed by atoms with Gasteiger partial charge in [0.25, 0.3) is 0 Å². The van der Waals surface area contributed by atoms with Crippen LogP contribution in [0, 0.1) is 0 Å². The number of carbonyl (C=O) groups is 2. The molecule has 0 saturated carbocycles. The van der Waals surface area contributed by atoms with E-state index in [1.54, 1.807) is 0 Å². The normalized spacial score (nSPS) is 21.4. The Kier molecular flexibility index (Phi) is 4.58. The number of carboxylic acids is 1. The zero-order valence-electron chi connectivity index (χ0n) is 15.1. The topological polar surface area (TPSA) is 78.9 Å². The molecule has 2 aromatic carbocycles. The summed E-state index contributed by atoms with van der Waals surface area (Å²) in [6.07, 6.45) is -0.572. The number of rotatable bonds is 3. The van der Waals surface area contributed by atoms with Gasteiger partial charge in [-0.1, -0.05) is 48.5 Å². The Bertz CT molecular complexity index is 836. The predicted octanol–water partition coefficient (Wildman–Crippen LogP) is 2.68. The van der Waals surface area contributed by atoms with Crippen LogP contribution in [0.3, 0.4) is 0 Å². The molecular weight excluding hydrogens is 344 g/mol. The third kappa shape index (κ3) is 3.17. The number of amides is 1. The number of benzene rings is 2. The molecule has 1 amide bonds. The van der Waals surface area contributed by atoms with Crippen LogP contribution in [-0.4, -0.2) is 53.8 Å². The van der Waals surface area contributed by atoms with Crippen LogP contribution in [0.2, 0.25) is 0 Å². The van der Waals surface area contributed by atoms with E-state index < -0.39 is 18.1 Å². The summed E-state index contributed by atoms with van der Waals surface area (Å²) in [5.74, 6) is -1.06. The molecule has 6 heteroatoms. The third-order valence-electron chi connectivity index (χ3n) is 5.36. The standard InChI is InChI=1S/C21H22N2O4/c1-13-11-23(19(10-22-13)20(24)25)21(26)27-12-18-16-8-4-2-6-14(16)15-7-3-5-9-17(15)18/h2-9,13,18-19,22H,10-12H2,1H3,(H,24,25). The summed E-state index contributed by atoms with van der Waals surface area (Å²) in [5, 5.41) is 12.5. The number of aliphatic carboxylic acids is 1. The molecule has 2 N–H and O–H groups in total. The fraction of sp³-hybridized carbons (Fsp3) is 0.333. The average Bonchev–Trinajstić information content (AvgIpc) is 3.00. The van der Waals surface area contributed by atoms with Gasteiger partial charge in [0, 0.05) is 25.0 Å². The van der Waals surface area contributed by atoms with Crippen LogP contribution in [0.15, 0.2) is 48.5 Å². The molecule has 1 aliphatic heterocycles. The number of nitrogens with zero attached hydrogens (tertiary/aromatic N) is 1. The van der Waals surface area contributed by atoms with Gasteiger partial charge >= 0.3 is 12.1 Å². The maximum absolute atomic E-state index is 12.7. The van der Waals surface area contributed by atoms with E-state index in [9.17, 15) is 14.7 Å². The van der Waals surface area contributed by atoms with Crippen molar-refractivity contribution >= 4 is 12.1 Å². The van der Waals surface area contributed by atoms with Crippen molar-refractivity contribution in [1.82, 2.24) is 10.2 Å². The van der Waals surface area contributed by atoms with Crippen molar-refractivity contribution in [3.05, 3.63) is 59.7 Å². The summed E-state index contributed by atoms with van der Waals surface area (Å²) in [7, 11) is 0. The summed E-state index contributed by atoms with van der Waals surface area (Å²) in [5.41, 5.74) is 4.59. The minimum atomic E-state index is -1.03. The highest BCUT2D eigenvalue weighted by molar-refractivity contribution is 5.81. The SMILES string of the molecule is CC1CN(C(=O)OCC2c3ccccc3-c3ccccc32)C(C(=O)O)CN1. The molecule has 0 aromatic heterocycles. The van der Waals surface area contributed by atoms with E-state index in [-0.39, 0.29) is 25.1 Å². The number of carboxylic acid groups (broad SMARTS) is 1. The quantitative estimate of drug-likeness (QED) is 0.873. The minimum Gasteiger partial charge on any atom is -0.480 e. The molecule has 6 nitrogen and oxygen atoms in total. The molecule has 1 aliphatic carbocycles. The maximum atomic E-state index is 12.7. The van der Waals surface area contributed by atoms with Gasteiger partial charge in [-0.25, -0.2) is 9.59 Å². The summed E-state index contributed by atoms with van der Waals surface area (Å²) in [6, 6.07) is 15.4. The lowest BCUT2D eigenvalue weighted by atomic mass is 9.98. The molecule has 0 radical (unpaired) electrons. The van der Waals surface area contributed by atoms with Gasteiger partial charge in [0.15, 0.2) is 0 Å². The molecule has 2 aliphatic rings. The van der Waals surface area contributed by atoms with E-state index in [0.29, 0.717) is 6.54 Å². The maximum Gasteiger partial charge on any atom is 0.410 e. The highest BCUT2D eigenvalue weighted by atomic mass is 16.6. The lowest BCUT2D eigenvalue weighted by Crippen LogP contribution is -2.60. The Morgan fingerprint density at radius 2 is 1.70 bits per heavy atom. The molecule has 2 aromatic rings. The van der Waals surface area contributed by atoms with Crippen LogP contribution in [-0.2, 0) is 9.53 Å². The summed E-state index contributed by atoms with van der Waals surface area (Å²) >= 11 is 0. The first kappa shape index (κ1) is 17.5. The van der Waals surface area contributed by atoms with Gasteiger partial charge in [-0.3, -0.25) is 4.90 Å². The lowest BCUT2D eigenvalue weighted by molar-refractivity contribution is -0.143. The molecule has 0 bridgehead atoms. The second-order valence-electron chi connectivity index (χ2n) is 7.12. The van der Waals surface area contributed by atoms with E-state index in [1.807, 2.05) is 31.2 Å². The molecular formula is C21H22N2O4. The number of hydrogen-bond acceptors (Lipinski definition) is 4. The van der Waals surface area contributed by atoms with Crippen LogP contribution in [0.1, 0.15) is 24.0 Å². The average molecular weight is 366 g/mol. The number of nitrogens with one attached hydrogen (secondary N) is 1. The highest BCUT2D eigenvalue weighted by Crippen LogP contribution is 2.44. The predicted molar refractivity (Wildman–Crippen MR) is 101 cm³/mol. The van der Waals surface area contributed by atoms with Crippen LogP contribution in [0.25, 0.3) is 11.1 Å². The number of carbonyl (C=O) groups excluding carboxylic acids is 1. The van der Waals surface area contributed by atoms with Gasteiger partial charge in [-0.05, 0) is 29.2 Å². The van der Waals surface area contributed by atoms with Crippen LogP contribution in [0.4, 0.5) is 4.79 Å². The Labute approximate surface area is 157 Å². The second-order valence-corrected chi connectivity index (χ2v) is 7.12. The fourth-order valence-corrected chi connectivity index (χ4v) is 4.01. The van der Waals surface area contributed by atoms with E-state index in [0.717, 1.165) is 22.3 Å². The Morgan fingerprint density at radius 3 is 2.30 bits per heavy atom. The molecule has 27 heavy (non-hydrogen) atoms. The van der Waals surface area contributed by atoms with Gasteiger partial charge in [0.1, 0.15) is 12.6 Å². The van der Waals surface area contributed by atoms with Crippen molar-refractivity contribution in [3.8, 4) is 11.1 Å². The van der Waals surface area contributed by atoms with Crippen molar-refractivity contribution in [2.75, 3.05) is 19.7 Å². The lowest BCUT2D eigenvalue weighted by Gasteiger charge is -2.36. The van der Waals surface area contributed by atoms with E-state index in [2.05, 4.69) is 29.6 Å². The van der Waals surface area contributed by atoms with Gasteiger partial charge in [0.2, 0.25) is 0 Å². The monoisotopic (exact) mass is 366 g/mol. The highest BCUT2D eigenvalue weighted by Gasteiger charge is 2.36. The van der Waals surface area contributed by atoms with E-state index >= 15 is 0 Å². The van der Waals surface area contributed by atoms with Crippen LogP contribution >= 0.6 is 0 Å². The zero-order valence-corrected chi connectivity index (χ0v) is 15.1. The third-order valence-corrected chi connectivity index (χ3v) is 5.36. The first-order chi connectivity index (χ1) is 13.1.